The van der Waals surface area contributed by atoms with Gasteiger partial charge >= 0.3 is 5.97 Å². The van der Waals surface area contributed by atoms with Gasteiger partial charge in [-0.25, -0.2) is 0 Å². The Morgan fingerprint density at radius 1 is 1.30 bits per heavy atom. The summed E-state index contributed by atoms with van der Waals surface area (Å²) in [5, 5.41) is 8.69. The first kappa shape index (κ1) is 19.7. The number of carboxylic acid groups (broad SMARTS) is 1. The van der Waals surface area contributed by atoms with Crippen LogP contribution in [0.2, 0.25) is 0 Å². The average Bonchev–Trinajstić information content (AvgIpc) is 2.54. The fourth-order valence-electron chi connectivity index (χ4n) is 2.94. The summed E-state index contributed by atoms with van der Waals surface area (Å²) in [7, 11) is 1.69. The van der Waals surface area contributed by atoms with Gasteiger partial charge in [0.1, 0.15) is 5.75 Å². The molecular weight excluding hydrogens is 316 g/mol. The Morgan fingerprint density at radius 3 is 2.61 bits per heavy atom. The maximum Gasteiger partial charge on any atom is 0.303 e. The molecule has 0 spiro atoms. The second-order valence-corrected chi connectivity index (χ2v) is 5.83. The molecular formula is C17H27ClN2O3. The molecule has 0 radical (unpaired) electrons. The third-order valence-electron chi connectivity index (χ3n) is 4.40. The van der Waals surface area contributed by atoms with Crippen molar-refractivity contribution in [2.75, 3.05) is 39.8 Å². The van der Waals surface area contributed by atoms with Crippen LogP contribution in [-0.4, -0.2) is 60.7 Å². The van der Waals surface area contributed by atoms with E-state index in [1.165, 1.54) is 5.56 Å². The minimum Gasteiger partial charge on any atom is -0.497 e. The van der Waals surface area contributed by atoms with Gasteiger partial charge in [-0.05, 0) is 37.6 Å². The van der Waals surface area contributed by atoms with E-state index in [0.29, 0.717) is 6.04 Å². The number of methoxy groups -OCH3 is 1. The van der Waals surface area contributed by atoms with Crippen LogP contribution in [0.1, 0.15) is 31.4 Å². The largest absolute Gasteiger partial charge is 0.497 e. The molecule has 0 saturated carbocycles. The highest BCUT2D eigenvalue weighted by molar-refractivity contribution is 5.85. The summed E-state index contributed by atoms with van der Waals surface area (Å²) in [5.41, 5.74) is 1.28. The van der Waals surface area contributed by atoms with E-state index in [4.69, 9.17) is 9.84 Å². The van der Waals surface area contributed by atoms with Gasteiger partial charge in [0.15, 0.2) is 0 Å². The van der Waals surface area contributed by atoms with Crippen LogP contribution in [0.4, 0.5) is 0 Å². The molecule has 1 aromatic carbocycles. The summed E-state index contributed by atoms with van der Waals surface area (Å²) in [6.07, 6.45) is 1.00. The SMILES string of the molecule is COc1cccc(C(C)N2CCN(CCCC(=O)O)CC2)c1.Cl. The second-order valence-electron chi connectivity index (χ2n) is 5.83. The maximum atomic E-state index is 10.6. The minimum absolute atomic E-state index is 0. The van der Waals surface area contributed by atoms with Crippen LogP contribution in [0.25, 0.3) is 0 Å². The summed E-state index contributed by atoms with van der Waals surface area (Å²) in [4.78, 5) is 15.4. The van der Waals surface area contributed by atoms with Gasteiger partial charge in [0.2, 0.25) is 0 Å². The van der Waals surface area contributed by atoms with Crippen LogP contribution in [0, 0.1) is 0 Å². The molecule has 1 saturated heterocycles. The molecule has 1 N–H and O–H groups in total. The third kappa shape index (κ3) is 6.01. The van der Waals surface area contributed by atoms with Gasteiger partial charge in [-0.2, -0.15) is 0 Å². The molecule has 6 heteroatoms. The number of rotatable bonds is 7. The van der Waals surface area contributed by atoms with Crippen LogP contribution in [0.3, 0.4) is 0 Å². The predicted molar refractivity (Wildman–Crippen MR) is 93.5 cm³/mol. The van der Waals surface area contributed by atoms with Gasteiger partial charge in [-0.15, -0.1) is 12.4 Å². The molecule has 0 aromatic heterocycles. The Morgan fingerprint density at radius 2 is 2.00 bits per heavy atom. The van der Waals surface area contributed by atoms with E-state index in [2.05, 4.69) is 28.9 Å². The zero-order valence-corrected chi connectivity index (χ0v) is 14.7. The molecule has 5 nitrogen and oxygen atoms in total. The van der Waals surface area contributed by atoms with Crippen LogP contribution in [0.5, 0.6) is 5.75 Å². The summed E-state index contributed by atoms with van der Waals surface area (Å²) in [6.45, 7) is 7.17. The fourth-order valence-corrected chi connectivity index (χ4v) is 2.94. The Kier molecular flexibility index (Phi) is 8.37. The van der Waals surface area contributed by atoms with Crippen molar-refractivity contribution in [2.24, 2.45) is 0 Å². The van der Waals surface area contributed by atoms with Gasteiger partial charge in [-0.1, -0.05) is 12.1 Å². The first-order valence-corrected chi connectivity index (χ1v) is 7.92. The molecule has 1 heterocycles. The number of carboxylic acids is 1. The molecule has 1 fully saturated rings. The lowest BCUT2D eigenvalue weighted by Gasteiger charge is -2.38. The summed E-state index contributed by atoms with van der Waals surface area (Å²) in [5.74, 6) is 0.196. The average molecular weight is 343 g/mol. The van der Waals surface area contributed by atoms with Gasteiger partial charge in [0, 0.05) is 38.6 Å². The summed E-state index contributed by atoms with van der Waals surface area (Å²) < 4.78 is 5.30. The van der Waals surface area contributed by atoms with Gasteiger partial charge in [-0.3, -0.25) is 9.69 Å². The van der Waals surface area contributed by atoms with Crippen LogP contribution < -0.4 is 4.74 Å². The van der Waals surface area contributed by atoms with E-state index >= 15 is 0 Å². The molecule has 130 valence electrons. The van der Waals surface area contributed by atoms with E-state index in [9.17, 15) is 4.79 Å². The van der Waals surface area contributed by atoms with Crippen molar-refractivity contribution >= 4 is 18.4 Å². The third-order valence-corrected chi connectivity index (χ3v) is 4.40. The number of aliphatic carboxylic acids is 1. The lowest BCUT2D eigenvalue weighted by molar-refractivity contribution is -0.137. The number of halogens is 1. The number of carbonyl (C=O) groups is 1. The topological polar surface area (TPSA) is 53.0 Å². The summed E-state index contributed by atoms with van der Waals surface area (Å²) >= 11 is 0. The molecule has 1 aliphatic rings. The maximum absolute atomic E-state index is 10.6. The first-order chi connectivity index (χ1) is 10.6. The lowest BCUT2D eigenvalue weighted by Crippen LogP contribution is -2.47. The molecule has 0 aliphatic carbocycles. The van der Waals surface area contributed by atoms with Crippen molar-refractivity contribution < 1.29 is 14.6 Å². The van der Waals surface area contributed by atoms with E-state index in [1.807, 2.05) is 12.1 Å². The van der Waals surface area contributed by atoms with Gasteiger partial charge in [0.25, 0.3) is 0 Å². The molecule has 2 rings (SSSR count). The fraction of sp³-hybridized carbons (Fsp3) is 0.588. The van der Waals surface area contributed by atoms with Gasteiger partial charge < -0.3 is 14.7 Å². The Bertz CT molecular complexity index is 490. The highest BCUT2D eigenvalue weighted by atomic mass is 35.5. The summed E-state index contributed by atoms with van der Waals surface area (Å²) in [6, 6.07) is 8.62. The lowest BCUT2D eigenvalue weighted by atomic mass is 10.1. The van der Waals surface area contributed by atoms with Crippen molar-refractivity contribution in [1.82, 2.24) is 9.80 Å². The van der Waals surface area contributed by atoms with E-state index in [-0.39, 0.29) is 18.8 Å². The molecule has 1 unspecified atom stereocenters. The zero-order valence-electron chi connectivity index (χ0n) is 13.9. The van der Waals surface area contributed by atoms with Crippen molar-refractivity contribution in [3.05, 3.63) is 29.8 Å². The van der Waals surface area contributed by atoms with Crippen molar-refractivity contribution in [1.29, 1.82) is 0 Å². The predicted octanol–water partition coefficient (Wildman–Crippen LogP) is 2.66. The Hall–Kier alpha value is -1.30. The highest BCUT2D eigenvalue weighted by Crippen LogP contribution is 2.24. The van der Waals surface area contributed by atoms with Crippen molar-refractivity contribution in [3.8, 4) is 5.75 Å². The van der Waals surface area contributed by atoms with Crippen molar-refractivity contribution in [2.45, 2.75) is 25.8 Å². The van der Waals surface area contributed by atoms with Crippen LogP contribution in [0.15, 0.2) is 24.3 Å². The molecule has 0 amide bonds. The van der Waals surface area contributed by atoms with Gasteiger partial charge in [0.05, 0.1) is 7.11 Å². The van der Waals surface area contributed by atoms with E-state index < -0.39 is 5.97 Å². The normalized spacial score (nSPS) is 17.3. The van der Waals surface area contributed by atoms with Crippen LogP contribution >= 0.6 is 12.4 Å². The monoisotopic (exact) mass is 342 g/mol. The zero-order chi connectivity index (χ0) is 15.9. The Labute approximate surface area is 144 Å². The number of benzene rings is 1. The number of hydrogen-bond acceptors (Lipinski definition) is 4. The molecule has 1 aromatic rings. The second kappa shape index (κ2) is 9.75. The van der Waals surface area contributed by atoms with Crippen molar-refractivity contribution in [3.63, 3.8) is 0 Å². The minimum atomic E-state index is -0.703. The Balaban J connectivity index is 0.00000264. The standard InChI is InChI=1S/C17H26N2O3.ClH/c1-14(15-5-3-6-16(13-15)22-2)19-11-9-18(10-12-19)8-4-7-17(20)21;/h3,5-6,13-14H,4,7-12H2,1-2H3,(H,20,21);1H. The molecule has 1 aliphatic heterocycles. The molecule has 23 heavy (non-hydrogen) atoms. The smallest absolute Gasteiger partial charge is 0.303 e. The first-order valence-electron chi connectivity index (χ1n) is 7.92. The number of nitrogens with zero attached hydrogens (tertiary/aromatic N) is 2. The number of ether oxygens (including phenoxy) is 1. The molecule has 1 atom stereocenters. The van der Waals surface area contributed by atoms with E-state index in [0.717, 1.165) is 44.9 Å². The van der Waals surface area contributed by atoms with Crippen LogP contribution in [-0.2, 0) is 4.79 Å². The molecule has 0 bridgehead atoms. The number of hydrogen-bond donors (Lipinski definition) is 1. The highest BCUT2D eigenvalue weighted by Gasteiger charge is 2.22. The number of piperazine rings is 1. The van der Waals surface area contributed by atoms with E-state index in [1.54, 1.807) is 7.11 Å². The quantitative estimate of drug-likeness (QED) is 0.825.